The Hall–Kier alpha value is -2.04. The second-order valence-corrected chi connectivity index (χ2v) is 5.08. The van der Waals surface area contributed by atoms with Gasteiger partial charge in [0.25, 0.3) is 0 Å². The molecule has 110 valence electrons. The van der Waals surface area contributed by atoms with E-state index >= 15 is 0 Å². The van der Waals surface area contributed by atoms with Gasteiger partial charge >= 0.3 is 6.03 Å². The van der Waals surface area contributed by atoms with Crippen molar-refractivity contribution in [2.75, 3.05) is 0 Å². The highest BCUT2D eigenvalue weighted by Crippen LogP contribution is 2.10. The van der Waals surface area contributed by atoms with Crippen LogP contribution in [0.15, 0.2) is 48.5 Å². The third-order valence-electron chi connectivity index (χ3n) is 3.00. The van der Waals surface area contributed by atoms with Gasteiger partial charge in [0.05, 0.1) is 6.61 Å². The van der Waals surface area contributed by atoms with Crippen molar-refractivity contribution in [3.63, 3.8) is 0 Å². The molecule has 4 nitrogen and oxygen atoms in total. The van der Waals surface area contributed by atoms with E-state index in [-0.39, 0.29) is 12.6 Å². The summed E-state index contributed by atoms with van der Waals surface area (Å²) in [6.07, 6.45) is 0. The molecule has 2 aromatic rings. The third-order valence-corrected chi connectivity index (χ3v) is 3.24. The lowest BCUT2D eigenvalue weighted by Gasteiger charge is -2.08. The van der Waals surface area contributed by atoms with E-state index in [1.54, 1.807) is 6.07 Å². The average molecular weight is 305 g/mol. The van der Waals surface area contributed by atoms with E-state index in [0.29, 0.717) is 18.1 Å². The number of halogens is 1. The van der Waals surface area contributed by atoms with Crippen molar-refractivity contribution in [3.8, 4) is 0 Å². The zero-order valence-corrected chi connectivity index (χ0v) is 12.2. The van der Waals surface area contributed by atoms with Crippen molar-refractivity contribution >= 4 is 17.6 Å². The molecule has 2 aromatic carbocycles. The molecule has 2 amide bonds. The van der Waals surface area contributed by atoms with E-state index in [9.17, 15) is 4.79 Å². The highest BCUT2D eigenvalue weighted by Gasteiger charge is 2.01. The molecule has 0 aliphatic rings. The molecular formula is C16H17ClN2O2. The summed E-state index contributed by atoms with van der Waals surface area (Å²) in [5.41, 5.74) is 2.78. The Morgan fingerprint density at radius 1 is 0.952 bits per heavy atom. The Morgan fingerprint density at radius 3 is 2.19 bits per heavy atom. The molecule has 0 aliphatic heterocycles. The summed E-state index contributed by atoms with van der Waals surface area (Å²) in [6.45, 7) is 0.886. The number of benzene rings is 2. The van der Waals surface area contributed by atoms with E-state index in [1.807, 2.05) is 42.5 Å². The molecule has 0 spiro atoms. The Kier molecular flexibility index (Phi) is 5.60. The van der Waals surface area contributed by atoms with Gasteiger partial charge in [-0.2, -0.15) is 0 Å². The predicted molar refractivity (Wildman–Crippen MR) is 82.9 cm³/mol. The van der Waals surface area contributed by atoms with E-state index in [4.69, 9.17) is 16.7 Å². The fraction of sp³-hybridized carbons (Fsp3) is 0.188. The van der Waals surface area contributed by atoms with Crippen LogP contribution < -0.4 is 10.6 Å². The Labute approximate surface area is 128 Å². The Morgan fingerprint density at radius 2 is 1.57 bits per heavy atom. The summed E-state index contributed by atoms with van der Waals surface area (Å²) >= 11 is 5.88. The van der Waals surface area contributed by atoms with Crippen LogP contribution in [0.4, 0.5) is 4.79 Å². The largest absolute Gasteiger partial charge is 0.392 e. The van der Waals surface area contributed by atoms with Crippen LogP contribution in [-0.2, 0) is 19.7 Å². The number of hydrogen-bond acceptors (Lipinski definition) is 2. The summed E-state index contributed by atoms with van der Waals surface area (Å²) in [7, 11) is 0. The molecule has 3 N–H and O–H groups in total. The quantitative estimate of drug-likeness (QED) is 0.795. The third kappa shape index (κ3) is 5.10. The first kappa shape index (κ1) is 15.4. The van der Waals surface area contributed by atoms with Crippen molar-refractivity contribution < 1.29 is 9.90 Å². The number of urea groups is 1. The summed E-state index contributed by atoms with van der Waals surface area (Å²) < 4.78 is 0. The standard InChI is InChI=1S/C16H17ClN2O2/c17-15-3-1-2-14(8-15)10-19-16(21)18-9-12-4-6-13(11-20)7-5-12/h1-8,20H,9-11H2,(H2,18,19,21). The molecule has 0 saturated heterocycles. The van der Waals surface area contributed by atoms with Gasteiger partial charge in [0.15, 0.2) is 0 Å². The summed E-state index contributed by atoms with van der Waals surface area (Å²) in [4.78, 5) is 11.7. The predicted octanol–water partition coefficient (Wildman–Crippen LogP) is 2.83. The molecule has 0 aromatic heterocycles. The van der Waals surface area contributed by atoms with Gasteiger partial charge in [0.2, 0.25) is 0 Å². The first-order valence-electron chi connectivity index (χ1n) is 6.62. The van der Waals surface area contributed by atoms with Crippen LogP contribution in [0.25, 0.3) is 0 Å². The molecule has 0 atom stereocenters. The first-order chi connectivity index (χ1) is 10.2. The number of carbonyl (C=O) groups is 1. The number of carbonyl (C=O) groups excluding carboxylic acids is 1. The fourth-order valence-corrected chi connectivity index (χ4v) is 2.05. The topological polar surface area (TPSA) is 61.4 Å². The molecule has 21 heavy (non-hydrogen) atoms. The maximum Gasteiger partial charge on any atom is 0.315 e. The molecule has 0 aliphatic carbocycles. The van der Waals surface area contributed by atoms with Gasteiger partial charge in [0.1, 0.15) is 0 Å². The number of rotatable bonds is 5. The highest BCUT2D eigenvalue weighted by molar-refractivity contribution is 6.30. The first-order valence-corrected chi connectivity index (χ1v) is 7.00. The zero-order valence-electron chi connectivity index (χ0n) is 11.5. The van der Waals surface area contributed by atoms with Crippen LogP contribution in [0.2, 0.25) is 5.02 Å². The Bertz CT molecular complexity index is 599. The fourth-order valence-electron chi connectivity index (χ4n) is 1.84. The van der Waals surface area contributed by atoms with Gasteiger partial charge in [-0.05, 0) is 28.8 Å². The molecule has 0 fully saturated rings. The van der Waals surface area contributed by atoms with Crippen LogP contribution in [-0.4, -0.2) is 11.1 Å². The van der Waals surface area contributed by atoms with Gasteiger partial charge in [-0.3, -0.25) is 0 Å². The van der Waals surface area contributed by atoms with Gasteiger partial charge < -0.3 is 15.7 Å². The molecule has 0 bridgehead atoms. The van der Waals surface area contributed by atoms with Gasteiger partial charge in [0, 0.05) is 18.1 Å². The normalized spacial score (nSPS) is 10.2. The molecule has 5 heteroatoms. The lowest BCUT2D eigenvalue weighted by Crippen LogP contribution is -2.34. The van der Waals surface area contributed by atoms with Gasteiger partial charge in [-0.15, -0.1) is 0 Å². The van der Waals surface area contributed by atoms with Crippen LogP contribution in [0.3, 0.4) is 0 Å². The minimum atomic E-state index is -0.235. The SMILES string of the molecule is O=C(NCc1ccc(CO)cc1)NCc1cccc(Cl)c1. The summed E-state index contributed by atoms with van der Waals surface area (Å²) in [5.74, 6) is 0. The van der Waals surface area contributed by atoms with Crippen LogP contribution >= 0.6 is 11.6 Å². The second-order valence-electron chi connectivity index (χ2n) is 4.64. The molecule has 0 radical (unpaired) electrons. The molecule has 0 unspecified atom stereocenters. The highest BCUT2D eigenvalue weighted by atomic mass is 35.5. The summed E-state index contributed by atoms with van der Waals surface area (Å²) in [5, 5.41) is 15.2. The monoisotopic (exact) mass is 304 g/mol. The van der Waals surface area contributed by atoms with Crippen molar-refractivity contribution in [2.45, 2.75) is 19.7 Å². The lowest BCUT2D eigenvalue weighted by molar-refractivity contribution is 0.240. The van der Waals surface area contributed by atoms with E-state index in [2.05, 4.69) is 10.6 Å². The smallest absolute Gasteiger partial charge is 0.315 e. The molecular weight excluding hydrogens is 288 g/mol. The maximum atomic E-state index is 11.7. The van der Waals surface area contributed by atoms with E-state index in [0.717, 1.165) is 16.7 Å². The van der Waals surface area contributed by atoms with E-state index < -0.39 is 0 Å². The number of amides is 2. The van der Waals surface area contributed by atoms with Crippen molar-refractivity contribution in [3.05, 3.63) is 70.2 Å². The van der Waals surface area contributed by atoms with Crippen LogP contribution in [0, 0.1) is 0 Å². The minimum Gasteiger partial charge on any atom is -0.392 e. The van der Waals surface area contributed by atoms with E-state index in [1.165, 1.54) is 0 Å². The number of aliphatic hydroxyl groups excluding tert-OH is 1. The number of hydrogen-bond donors (Lipinski definition) is 3. The average Bonchev–Trinajstić information content (AvgIpc) is 2.51. The second kappa shape index (κ2) is 7.67. The van der Waals surface area contributed by atoms with Crippen LogP contribution in [0.1, 0.15) is 16.7 Å². The zero-order chi connectivity index (χ0) is 15.1. The number of nitrogens with one attached hydrogen (secondary N) is 2. The van der Waals surface area contributed by atoms with Crippen LogP contribution in [0.5, 0.6) is 0 Å². The Balaban J connectivity index is 1.76. The molecule has 0 saturated carbocycles. The van der Waals surface area contributed by atoms with Gasteiger partial charge in [-0.1, -0.05) is 48.0 Å². The number of aliphatic hydroxyl groups is 1. The lowest BCUT2D eigenvalue weighted by atomic mass is 10.1. The molecule has 2 rings (SSSR count). The van der Waals surface area contributed by atoms with Crippen molar-refractivity contribution in [1.29, 1.82) is 0 Å². The molecule has 0 heterocycles. The van der Waals surface area contributed by atoms with Crippen molar-refractivity contribution in [1.82, 2.24) is 10.6 Å². The van der Waals surface area contributed by atoms with Crippen molar-refractivity contribution in [2.24, 2.45) is 0 Å². The van der Waals surface area contributed by atoms with Gasteiger partial charge in [-0.25, -0.2) is 4.79 Å². The maximum absolute atomic E-state index is 11.7. The summed E-state index contributed by atoms with van der Waals surface area (Å²) in [6, 6.07) is 14.5. The minimum absolute atomic E-state index is 0.0217.